The Morgan fingerprint density at radius 2 is 2.22 bits per heavy atom. The van der Waals surface area contributed by atoms with Crippen LogP contribution in [0.4, 0.5) is 11.8 Å². The minimum absolute atomic E-state index is 0.357. The summed E-state index contributed by atoms with van der Waals surface area (Å²) in [6, 6.07) is 2.18. The lowest BCUT2D eigenvalue weighted by Crippen LogP contribution is -2.13. The molecule has 0 radical (unpaired) electrons. The number of hydrogen-bond donors (Lipinski definition) is 2. The van der Waals surface area contributed by atoms with Crippen LogP contribution < -0.4 is 11.1 Å². The highest BCUT2D eigenvalue weighted by Crippen LogP contribution is 2.45. The summed E-state index contributed by atoms with van der Waals surface area (Å²) < 4.78 is 0. The molecule has 3 N–H and O–H groups in total. The third-order valence-corrected chi connectivity index (χ3v) is 4.77. The molecule has 2 aromatic rings. The van der Waals surface area contributed by atoms with Crippen molar-refractivity contribution in [2.75, 3.05) is 17.6 Å². The van der Waals surface area contributed by atoms with E-state index in [0.29, 0.717) is 11.4 Å². The van der Waals surface area contributed by atoms with Gasteiger partial charge in [0.2, 0.25) is 5.95 Å². The quantitative estimate of drug-likeness (QED) is 0.889. The van der Waals surface area contributed by atoms with Gasteiger partial charge in [-0.3, -0.25) is 0 Å². The summed E-state index contributed by atoms with van der Waals surface area (Å²) in [5.74, 6) is 1.25. The van der Waals surface area contributed by atoms with E-state index in [9.17, 15) is 0 Å². The largest absolute Gasteiger partial charge is 0.369 e. The number of nitrogens with two attached hydrogens (primary N) is 1. The van der Waals surface area contributed by atoms with E-state index in [-0.39, 0.29) is 0 Å². The van der Waals surface area contributed by atoms with Crippen LogP contribution in [-0.4, -0.2) is 16.5 Å². The van der Waals surface area contributed by atoms with Gasteiger partial charge >= 0.3 is 0 Å². The Morgan fingerprint density at radius 3 is 2.89 bits per heavy atom. The van der Waals surface area contributed by atoms with Crippen LogP contribution in [0, 0.1) is 5.41 Å². The molecule has 0 aromatic carbocycles. The topological polar surface area (TPSA) is 63.8 Å². The Kier molecular flexibility index (Phi) is 2.66. The highest BCUT2D eigenvalue weighted by atomic mass is 32.1. The van der Waals surface area contributed by atoms with Crippen LogP contribution in [-0.2, 0) is 6.42 Å². The molecule has 5 heteroatoms. The first kappa shape index (κ1) is 11.7. The number of nitrogen functional groups attached to an aromatic ring is 1. The van der Waals surface area contributed by atoms with Crippen LogP contribution in [0.5, 0.6) is 0 Å². The molecule has 0 unspecified atom stereocenters. The van der Waals surface area contributed by atoms with Crippen LogP contribution in [0.25, 0.3) is 10.2 Å². The van der Waals surface area contributed by atoms with E-state index >= 15 is 0 Å². The third-order valence-electron chi connectivity index (χ3n) is 3.60. The van der Waals surface area contributed by atoms with Gasteiger partial charge in [0.15, 0.2) is 0 Å². The van der Waals surface area contributed by atoms with E-state index in [1.54, 1.807) is 11.3 Å². The lowest BCUT2D eigenvalue weighted by molar-refractivity contribution is 0.610. The number of anilines is 2. The molecule has 1 saturated carbocycles. The molecule has 18 heavy (non-hydrogen) atoms. The van der Waals surface area contributed by atoms with Crippen LogP contribution in [0.3, 0.4) is 0 Å². The van der Waals surface area contributed by atoms with E-state index in [1.807, 2.05) is 0 Å². The van der Waals surface area contributed by atoms with Crippen molar-refractivity contribution in [3.05, 3.63) is 10.9 Å². The van der Waals surface area contributed by atoms with E-state index in [1.165, 1.54) is 17.7 Å². The monoisotopic (exact) mass is 262 g/mol. The molecule has 2 aromatic heterocycles. The van der Waals surface area contributed by atoms with Gasteiger partial charge < -0.3 is 11.1 Å². The number of nitrogens with zero attached hydrogens (tertiary/aromatic N) is 2. The standard InChI is InChI=1S/C13H18N4S/c1-3-8-6-9-10(15-7-13(2)4-5-13)16-12(14)17-11(9)18-8/h6H,3-5,7H2,1-2H3,(H3,14,15,16,17). The first-order valence-corrected chi connectivity index (χ1v) is 7.21. The summed E-state index contributed by atoms with van der Waals surface area (Å²) in [5, 5.41) is 4.55. The lowest BCUT2D eigenvalue weighted by atomic mass is 10.1. The molecule has 1 fully saturated rings. The van der Waals surface area contributed by atoms with Crippen LogP contribution >= 0.6 is 11.3 Å². The van der Waals surface area contributed by atoms with Gasteiger partial charge in [0.1, 0.15) is 10.6 Å². The molecule has 0 spiro atoms. The van der Waals surface area contributed by atoms with Crippen molar-refractivity contribution in [3.8, 4) is 0 Å². The van der Waals surface area contributed by atoms with Crippen molar-refractivity contribution in [2.24, 2.45) is 5.41 Å². The first-order valence-electron chi connectivity index (χ1n) is 6.39. The predicted octanol–water partition coefficient (Wildman–Crippen LogP) is 3.05. The summed E-state index contributed by atoms with van der Waals surface area (Å²) in [6.07, 6.45) is 3.62. The van der Waals surface area contributed by atoms with Crippen LogP contribution in [0.2, 0.25) is 0 Å². The average molecular weight is 262 g/mol. The fourth-order valence-electron chi connectivity index (χ4n) is 1.98. The predicted molar refractivity (Wildman–Crippen MR) is 77.0 cm³/mol. The minimum atomic E-state index is 0.357. The maximum atomic E-state index is 5.77. The SMILES string of the molecule is CCc1cc2c(NCC3(C)CC3)nc(N)nc2s1. The second-order valence-electron chi connectivity index (χ2n) is 5.38. The maximum absolute atomic E-state index is 5.77. The summed E-state index contributed by atoms with van der Waals surface area (Å²) in [6.45, 7) is 5.42. The number of fused-ring (bicyclic) bond motifs is 1. The van der Waals surface area contributed by atoms with Gasteiger partial charge in [-0.15, -0.1) is 11.3 Å². The number of hydrogen-bond acceptors (Lipinski definition) is 5. The first-order chi connectivity index (χ1) is 8.59. The maximum Gasteiger partial charge on any atom is 0.223 e. The summed E-state index contributed by atoms with van der Waals surface area (Å²) in [4.78, 5) is 11.0. The number of nitrogens with one attached hydrogen (secondary N) is 1. The molecule has 0 aliphatic heterocycles. The normalized spacial score (nSPS) is 17.0. The summed E-state index contributed by atoms with van der Waals surface area (Å²) in [7, 11) is 0. The van der Waals surface area contributed by atoms with E-state index in [2.05, 4.69) is 35.2 Å². The fraction of sp³-hybridized carbons (Fsp3) is 0.538. The lowest BCUT2D eigenvalue weighted by Gasteiger charge is -2.11. The molecule has 0 bridgehead atoms. The molecule has 2 heterocycles. The molecule has 1 aliphatic rings. The molecular formula is C13H18N4S. The van der Waals surface area contributed by atoms with Crippen molar-refractivity contribution in [2.45, 2.75) is 33.1 Å². The Labute approximate surface area is 111 Å². The van der Waals surface area contributed by atoms with Gasteiger partial charge in [0.25, 0.3) is 0 Å². The number of thiophene rings is 1. The Bertz CT molecular complexity index is 586. The summed E-state index contributed by atoms with van der Waals surface area (Å²) in [5.41, 5.74) is 6.23. The third kappa shape index (κ3) is 2.14. The highest BCUT2D eigenvalue weighted by molar-refractivity contribution is 7.18. The van der Waals surface area contributed by atoms with Gasteiger partial charge in [-0.1, -0.05) is 13.8 Å². The van der Waals surface area contributed by atoms with Crippen molar-refractivity contribution >= 4 is 33.3 Å². The molecule has 96 valence electrons. The Hall–Kier alpha value is -1.36. The minimum Gasteiger partial charge on any atom is -0.369 e. The average Bonchev–Trinajstić information content (AvgIpc) is 2.92. The zero-order chi connectivity index (χ0) is 12.8. The van der Waals surface area contributed by atoms with Gasteiger partial charge in [0, 0.05) is 11.4 Å². The van der Waals surface area contributed by atoms with Crippen molar-refractivity contribution in [1.29, 1.82) is 0 Å². The molecule has 0 amide bonds. The van der Waals surface area contributed by atoms with Crippen molar-refractivity contribution in [3.63, 3.8) is 0 Å². The number of aryl methyl sites for hydroxylation is 1. The molecule has 3 rings (SSSR count). The van der Waals surface area contributed by atoms with Gasteiger partial charge in [-0.25, -0.2) is 4.98 Å². The molecule has 0 atom stereocenters. The molecule has 4 nitrogen and oxygen atoms in total. The number of aromatic nitrogens is 2. The van der Waals surface area contributed by atoms with Crippen LogP contribution in [0.15, 0.2) is 6.07 Å². The van der Waals surface area contributed by atoms with E-state index < -0.39 is 0 Å². The highest BCUT2D eigenvalue weighted by Gasteiger charge is 2.37. The van der Waals surface area contributed by atoms with E-state index in [0.717, 1.165) is 29.0 Å². The fourth-order valence-corrected chi connectivity index (χ4v) is 2.96. The van der Waals surface area contributed by atoms with Gasteiger partial charge in [-0.2, -0.15) is 4.98 Å². The molecule has 1 aliphatic carbocycles. The van der Waals surface area contributed by atoms with Crippen molar-refractivity contribution < 1.29 is 0 Å². The second kappa shape index (κ2) is 4.09. The van der Waals surface area contributed by atoms with Gasteiger partial charge in [0.05, 0.1) is 5.39 Å². The van der Waals surface area contributed by atoms with Gasteiger partial charge in [-0.05, 0) is 30.7 Å². The van der Waals surface area contributed by atoms with E-state index in [4.69, 9.17) is 5.73 Å². The second-order valence-corrected chi connectivity index (χ2v) is 6.49. The molecule has 0 saturated heterocycles. The Balaban J connectivity index is 1.95. The van der Waals surface area contributed by atoms with Crippen molar-refractivity contribution in [1.82, 2.24) is 9.97 Å². The molecular weight excluding hydrogens is 244 g/mol. The van der Waals surface area contributed by atoms with Crippen LogP contribution in [0.1, 0.15) is 31.6 Å². The number of rotatable bonds is 4. The zero-order valence-electron chi connectivity index (χ0n) is 10.8. The Morgan fingerprint density at radius 1 is 1.44 bits per heavy atom. The summed E-state index contributed by atoms with van der Waals surface area (Å²) >= 11 is 1.70. The smallest absolute Gasteiger partial charge is 0.223 e. The zero-order valence-corrected chi connectivity index (χ0v) is 11.6.